The Morgan fingerprint density at radius 1 is 1.10 bits per heavy atom. The van der Waals surface area contributed by atoms with Crippen LogP contribution in [0.2, 0.25) is 0 Å². The summed E-state index contributed by atoms with van der Waals surface area (Å²) in [5.41, 5.74) is 0. The average Bonchev–Trinajstić information content (AvgIpc) is 3.37. The number of carbonyl (C=O) groups is 2. The maximum atomic E-state index is 12.7. The van der Waals surface area contributed by atoms with Crippen LogP contribution in [-0.4, -0.2) is 73.4 Å². The van der Waals surface area contributed by atoms with Gasteiger partial charge in [-0.25, -0.2) is 0 Å². The van der Waals surface area contributed by atoms with Crippen molar-refractivity contribution in [3.8, 4) is 0 Å². The molecule has 4 atom stereocenters. The lowest BCUT2D eigenvalue weighted by atomic mass is 9.85. The lowest BCUT2D eigenvalue weighted by molar-refractivity contribution is -0.140. The van der Waals surface area contributed by atoms with Gasteiger partial charge in [0.15, 0.2) is 5.96 Å². The molecule has 7 nitrogen and oxygen atoms in total. The number of nitrogens with one attached hydrogen (secondary N) is 2. The Morgan fingerprint density at radius 2 is 1.72 bits per heavy atom. The third-order valence-corrected chi connectivity index (χ3v) is 6.33. The van der Waals surface area contributed by atoms with Crippen LogP contribution in [0.15, 0.2) is 17.1 Å². The third kappa shape index (κ3) is 5.31. The fourth-order valence-corrected chi connectivity index (χ4v) is 4.84. The Kier molecular flexibility index (Phi) is 9.39. The summed E-state index contributed by atoms with van der Waals surface area (Å²) in [7, 11) is 0. The van der Waals surface area contributed by atoms with Gasteiger partial charge < -0.3 is 15.5 Å². The zero-order valence-electron chi connectivity index (χ0n) is 17.9. The number of halogens is 1. The minimum Gasteiger partial charge on any atom is -0.357 e. The zero-order valence-corrected chi connectivity index (χ0v) is 20.2. The van der Waals surface area contributed by atoms with Crippen LogP contribution in [0, 0.1) is 23.7 Å². The third-order valence-electron chi connectivity index (χ3n) is 6.33. The fraction of sp³-hybridized carbons (Fsp3) is 0.762. The van der Waals surface area contributed by atoms with Crippen LogP contribution < -0.4 is 10.6 Å². The summed E-state index contributed by atoms with van der Waals surface area (Å²) < 4.78 is 0. The summed E-state index contributed by atoms with van der Waals surface area (Å²) in [4.78, 5) is 33.9. The highest BCUT2D eigenvalue weighted by molar-refractivity contribution is 14.0. The summed E-state index contributed by atoms with van der Waals surface area (Å²) >= 11 is 0. The first-order valence-electron chi connectivity index (χ1n) is 10.9. The molecule has 1 saturated heterocycles. The van der Waals surface area contributed by atoms with Crippen LogP contribution in [0.1, 0.15) is 33.6 Å². The summed E-state index contributed by atoms with van der Waals surface area (Å²) in [6, 6.07) is 0. The van der Waals surface area contributed by atoms with Gasteiger partial charge in [0.1, 0.15) is 0 Å². The van der Waals surface area contributed by atoms with Crippen LogP contribution in [0.3, 0.4) is 0 Å². The standard InChI is InChI=1S/C21H35N5O2.HI/c1-4-22-21(23-10-7-12-25(5-2)6-3)24-11-13-26-19(27)17-15-8-9-16(14-15)18(17)20(26)28;/h8-9,15-18H,4-7,10-14H2,1-3H3,(H2,22,23,24);1H. The highest BCUT2D eigenvalue weighted by Gasteiger charge is 2.58. The number of allylic oxidation sites excluding steroid dienone is 2. The molecule has 3 aliphatic rings. The molecular weight excluding hydrogens is 481 g/mol. The van der Waals surface area contributed by atoms with Gasteiger partial charge in [0, 0.05) is 26.2 Å². The predicted octanol–water partition coefficient (Wildman–Crippen LogP) is 1.70. The van der Waals surface area contributed by atoms with Crippen molar-refractivity contribution < 1.29 is 9.59 Å². The average molecular weight is 517 g/mol. The van der Waals surface area contributed by atoms with Gasteiger partial charge in [-0.3, -0.25) is 19.5 Å². The topological polar surface area (TPSA) is 77.0 Å². The molecule has 4 unspecified atom stereocenters. The van der Waals surface area contributed by atoms with Crippen LogP contribution in [0.5, 0.6) is 0 Å². The van der Waals surface area contributed by atoms with Crippen LogP contribution in [0.25, 0.3) is 0 Å². The summed E-state index contributed by atoms with van der Waals surface area (Å²) in [5, 5.41) is 6.51. The molecule has 0 aromatic heterocycles. The Bertz CT molecular complexity index is 605. The van der Waals surface area contributed by atoms with Crippen molar-refractivity contribution in [2.24, 2.45) is 28.7 Å². The quantitative estimate of drug-likeness (QED) is 0.115. The Morgan fingerprint density at radius 3 is 2.28 bits per heavy atom. The van der Waals surface area contributed by atoms with Crippen molar-refractivity contribution in [3.63, 3.8) is 0 Å². The maximum Gasteiger partial charge on any atom is 0.233 e. The number of likely N-dealkylation sites (tertiary alicyclic amines) is 1. The van der Waals surface area contributed by atoms with Crippen LogP contribution in [0.4, 0.5) is 0 Å². The highest BCUT2D eigenvalue weighted by atomic mass is 127. The fourth-order valence-electron chi connectivity index (χ4n) is 4.84. The number of hydrogen-bond acceptors (Lipinski definition) is 4. The molecule has 164 valence electrons. The van der Waals surface area contributed by atoms with Gasteiger partial charge >= 0.3 is 0 Å². The monoisotopic (exact) mass is 517 g/mol. The van der Waals surface area contributed by atoms with Crippen molar-refractivity contribution in [2.75, 3.05) is 45.8 Å². The van der Waals surface area contributed by atoms with Crippen LogP contribution in [-0.2, 0) is 9.59 Å². The first-order valence-corrected chi connectivity index (χ1v) is 10.9. The molecule has 3 rings (SSSR count). The lowest BCUT2D eigenvalue weighted by Gasteiger charge is -2.19. The second-order valence-corrected chi connectivity index (χ2v) is 7.90. The lowest BCUT2D eigenvalue weighted by Crippen LogP contribution is -2.43. The molecule has 2 N–H and O–H groups in total. The molecule has 29 heavy (non-hydrogen) atoms. The molecule has 1 heterocycles. The summed E-state index contributed by atoms with van der Waals surface area (Å²) in [6.45, 7) is 12.0. The van der Waals surface area contributed by atoms with Crippen molar-refractivity contribution in [3.05, 3.63) is 12.2 Å². The number of imide groups is 1. The second-order valence-electron chi connectivity index (χ2n) is 7.90. The second kappa shape index (κ2) is 11.3. The van der Waals surface area contributed by atoms with E-state index in [1.54, 1.807) is 0 Å². The number of fused-ring (bicyclic) bond motifs is 5. The number of amides is 2. The first-order chi connectivity index (χ1) is 13.6. The number of aliphatic imine (C=N–C) groups is 1. The molecule has 8 heteroatoms. The van der Waals surface area contributed by atoms with E-state index in [1.807, 2.05) is 6.92 Å². The molecule has 0 radical (unpaired) electrons. The number of guanidine groups is 1. The Labute approximate surface area is 191 Å². The summed E-state index contributed by atoms with van der Waals surface area (Å²) in [5.74, 6) is 1.13. The minimum absolute atomic E-state index is 0. The SMILES string of the molecule is CCNC(=NCCCN(CC)CC)NCCN1C(=O)C2C3C=CC(C3)C2C1=O.I. The van der Waals surface area contributed by atoms with E-state index in [-0.39, 0.29) is 59.5 Å². The maximum absolute atomic E-state index is 12.7. The number of nitrogens with zero attached hydrogens (tertiary/aromatic N) is 3. The molecule has 0 spiro atoms. The van der Waals surface area contributed by atoms with E-state index >= 15 is 0 Å². The minimum atomic E-state index is -0.107. The van der Waals surface area contributed by atoms with Crippen LogP contribution >= 0.6 is 24.0 Å². The molecular formula is C21H36IN5O2. The molecule has 2 aliphatic carbocycles. The van der Waals surface area contributed by atoms with Crippen molar-refractivity contribution in [1.29, 1.82) is 0 Å². The van der Waals surface area contributed by atoms with Crippen molar-refractivity contribution in [2.45, 2.75) is 33.6 Å². The van der Waals surface area contributed by atoms with E-state index in [1.165, 1.54) is 4.90 Å². The summed E-state index contributed by atoms with van der Waals surface area (Å²) in [6.07, 6.45) is 6.25. The predicted molar refractivity (Wildman–Crippen MR) is 126 cm³/mol. The number of rotatable bonds is 10. The molecule has 2 amide bonds. The van der Waals surface area contributed by atoms with E-state index in [0.717, 1.165) is 51.5 Å². The van der Waals surface area contributed by atoms with Gasteiger partial charge in [-0.1, -0.05) is 26.0 Å². The van der Waals surface area contributed by atoms with E-state index < -0.39 is 0 Å². The molecule has 0 aromatic rings. The molecule has 2 fully saturated rings. The first kappa shape index (κ1) is 24.1. The van der Waals surface area contributed by atoms with Gasteiger partial charge in [-0.2, -0.15) is 0 Å². The van der Waals surface area contributed by atoms with E-state index in [9.17, 15) is 9.59 Å². The molecule has 1 aliphatic heterocycles. The largest absolute Gasteiger partial charge is 0.357 e. The van der Waals surface area contributed by atoms with Gasteiger partial charge in [0.2, 0.25) is 11.8 Å². The number of hydrogen-bond donors (Lipinski definition) is 2. The highest BCUT2D eigenvalue weighted by Crippen LogP contribution is 2.52. The van der Waals surface area contributed by atoms with Gasteiger partial charge in [0.05, 0.1) is 11.8 Å². The number of carbonyl (C=O) groups excluding carboxylic acids is 2. The molecule has 1 saturated carbocycles. The molecule has 0 aromatic carbocycles. The van der Waals surface area contributed by atoms with E-state index in [2.05, 4.69) is 46.5 Å². The van der Waals surface area contributed by atoms with Gasteiger partial charge in [-0.15, -0.1) is 24.0 Å². The normalized spacial score (nSPS) is 27.6. The smallest absolute Gasteiger partial charge is 0.233 e. The molecule has 2 bridgehead atoms. The Hall–Kier alpha value is -1.16. The van der Waals surface area contributed by atoms with Gasteiger partial charge in [-0.05, 0) is 51.2 Å². The zero-order chi connectivity index (χ0) is 20.1. The van der Waals surface area contributed by atoms with Crippen molar-refractivity contribution >= 4 is 41.8 Å². The van der Waals surface area contributed by atoms with Gasteiger partial charge in [0.25, 0.3) is 0 Å². The van der Waals surface area contributed by atoms with E-state index in [0.29, 0.717) is 13.1 Å². The van der Waals surface area contributed by atoms with E-state index in [4.69, 9.17) is 0 Å². The Balaban J connectivity index is 0.00000300. The van der Waals surface area contributed by atoms with Crippen molar-refractivity contribution in [1.82, 2.24) is 20.4 Å².